The van der Waals surface area contributed by atoms with Crippen LogP contribution in [0.1, 0.15) is 16.9 Å². The maximum absolute atomic E-state index is 13.2. The van der Waals surface area contributed by atoms with Gasteiger partial charge >= 0.3 is 0 Å². The molecule has 1 fully saturated rings. The quantitative estimate of drug-likeness (QED) is 0.240. The summed E-state index contributed by atoms with van der Waals surface area (Å²) in [5.41, 5.74) is 1.42. The number of nitrogens with zero attached hydrogens (tertiary/aromatic N) is 3. The van der Waals surface area contributed by atoms with Gasteiger partial charge in [-0.3, -0.25) is 9.69 Å². The molecule has 0 aliphatic carbocycles. The highest BCUT2D eigenvalue weighted by atomic mass is 35.5. The monoisotopic (exact) mass is 485 g/mol. The van der Waals surface area contributed by atoms with Crippen molar-refractivity contribution in [2.24, 2.45) is 10.2 Å². The number of thioether (sulfide) groups is 1. The van der Waals surface area contributed by atoms with E-state index < -0.39 is 0 Å². The lowest BCUT2D eigenvalue weighted by Gasteiger charge is -2.12. The zero-order valence-corrected chi connectivity index (χ0v) is 19.2. The summed E-state index contributed by atoms with van der Waals surface area (Å²) in [6.45, 7) is 0.231. The summed E-state index contributed by atoms with van der Waals surface area (Å²) < 4.78 is 10.8. The minimum absolute atomic E-state index is 0.202. The first-order chi connectivity index (χ1) is 15.6. The smallest absolute Gasteiger partial charge is 0.267 e. The Balaban J connectivity index is 1.66. The molecule has 0 saturated carbocycles. The zero-order chi connectivity index (χ0) is 22.5. The number of carbonyl (C=O) groups excluding carboxylic acids is 1. The fourth-order valence-electron chi connectivity index (χ4n) is 2.97. The first-order valence-electron chi connectivity index (χ1n) is 9.48. The van der Waals surface area contributed by atoms with Gasteiger partial charge in [-0.1, -0.05) is 53.5 Å². The zero-order valence-electron chi connectivity index (χ0n) is 16.9. The molecular formula is C23H17Cl2N3O3S. The molecule has 0 N–H and O–H groups in total. The molecule has 3 aromatic rings. The maximum Gasteiger partial charge on any atom is 0.267 e. The fraction of sp³-hybridized carbons (Fsp3) is 0.0870. The highest BCUT2D eigenvalue weighted by molar-refractivity contribution is 8.18. The van der Waals surface area contributed by atoms with Crippen molar-refractivity contribution in [2.75, 3.05) is 7.11 Å². The lowest BCUT2D eigenvalue weighted by atomic mass is 10.2. The van der Waals surface area contributed by atoms with Crippen LogP contribution in [0.15, 0.2) is 80.4 Å². The van der Waals surface area contributed by atoms with E-state index in [1.54, 1.807) is 49.8 Å². The van der Waals surface area contributed by atoms with Gasteiger partial charge in [0.15, 0.2) is 5.17 Å². The van der Waals surface area contributed by atoms with Crippen LogP contribution in [0.5, 0.6) is 5.75 Å². The predicted octanol–water partition coefficient (Wildman–Crippen LogP) is 6.10. The minimum atomic E-state index is -0.202. The molecule has 0 spiro atoms. The molecule has 1 saturated heterocycles. The van der Waals surface area contributed by atoms with Crippen molar-refractivity contribution in [2.45, 2.75) is 6.54 Å². The Morgan fingerprint density at radius 2 is 1.91 bits per heavy atom. The average molecular weight is 486 g/mol. The fourth-order valence-corrected chi connectivity index (χ4v) is 4.25. The van der Waals surface area contributed by atoms with E-state index in [9.17, 15) is 4.79 Å². The summed E-state index contributed by atoms with van der Waals surface area (Å²) in [6.07, 6.45) is 4.84. The molecule has 1 aliphatic heterocycles. The number of furan rings is 1. The number of benzene rings is 2. The van der Waals surface area contributed by atoms with Gasteiger partial charge in [0.2, 0.25) is 0 Å². The van der Waals surface area contributed by atoms with Gasteiger partial charge in [-0.05, 0) is 42.1 Å². The van der Waals surface area contributed by atoms with Gasteiger partial charge in [0, 0.05) is 11.1 Å². The number of methoxy groups -OCH3 is 1. The highest BCUT2D eigenvalue weighted by Gasteiger charge is 2.34. The molecule has 0 radical (unpaired) electrons. The summed E-state index contributed by atoms with van der Waals surface area (Å²) in [4.78, 5) is 15.2. The van der Waals surface area contributed by atoms with E-state index in [4.69, 9.17) is 32.4 Å². The molecule has 2 aromatic carbocycles. The van der Waals surface area contributed by atoms with Crippen LogP contribution in [0.3, 0.4) is 0 Å². The first-order valence-corrected chi connectivity index (χ1v) is 11.1. The normalized spacial score (nSPS) is 16.6. The summed E-state index contributed by atoms with van der Waals surface area (Å²) in [5.74, 6) is 1.10. The molecule has 162 valence electrons. The third-order valence-electron chi connectivity index (χ3n) is 4.53. The number of para-hydroxylation sites is 1. The Morgan fingerprint density at radius 1 is 1.09 bits per heavy atom. The van der Waals surface area contributed by atoms with Gasteiger partial charge < -0.3 is 9.15 Å². The molecule has 1 amide bonds. The number of carbonyl (C=O) groups is 1. The third kappa shape index (κ3) is 4.91. The van der Waals surface area contributed by atoms with E-state index in [1.807, 2.05) is 24.3 Å². The van der Waals surface area contributed by atoms with E-state index in [0.29, 0.717) is 37.2 Å². The Labute approximate surface area is 199 Å². The lowest BCUT2D eigenvalue weighted by molar-refractivity contribution is -0.122. The van der Waals surface area contributed by atoms with Crippen LogP contribution >= 0.6 is 35.0 Å². The van der Waals surface area contributed by atoms with Crippen molar-refractivity contribution in [1.82, 2.24) is 4.90 Å². The van der Waals surface area contributed by atoms with E-state index in [-0.39, 0.29) is 12.5 Å². The van der Waals surface area contributed by atoms with Crippen molar-refractivity contribution >= 4 is 58.3 Å². The van der Waals surface area contributed by atoms with Crippen molar-refractivity contribution in [1.29, 1.82) is 0 Å². The SMILES string of the molecule is COc1ccccc1/C=C1\S/C(=N\N=C\c2cccc(Cl)c2Cl)N(Cc2ccco2)C1=O. The number of halogens is 2. The van der Waals surface area contributed by atoms with Crippen LogP contribution in [0.2, 0.25) is 10.0 Å². The van der Waals surface area contributed by atoms with Gasteiger partial charge in [-0.25, -0.2) is 0 Å². The van der Waals surface area contributed by atoms with Gasteiger partial charge in [0.05, 0.1) is 41.1 Å². The Bertz CT molecular complexity index is 1220. The molecule has 0 unspecified atom stereocenters. The molecule has 2 heterocycles. The van der Waals surface area contributed by atoms with E-state index >= 15 is 0 Å². The highest BCUT2D eigenvalue weighted by Crippen LogP contribution is 2.35. The summed E-state index contributed by atoms with van der Waals surface area (Å²) in [7, 11) is 1.59. The van der Waals surface area contributed by atoms with Crippen molar-refractivity contribution in [3.8, 4) is 5.75 Å². The van der Waals surface area contributed by atoms with Crippen LogP contribution in [0.25, 0.3) is 6.08 Å². The number of hydrogen-bond acceptors (Lipinski definition) is 6. The van der Waals surface area contributed by atoms with Crippen LogP contribution < -0.4 is 4.74 Å². The van der Waals surface area contributed by atoms with Crippen LogP contribution in [0.4, 0.5) is 0 Å². The van der Waals surface area contributed by atoms with Crippen LogP contribution in [-0.2, 0) is 11.3 Å². The summed E-state index contributed by atoms with van der Waals surface area (Å²) in [6, 6.07) is 16.3. The molecular weight excluding hydrogens is 469 g/mol. The molecule has 9 heteroatoms. The molecule has 1 aliphatic rings. The molecule has 32 heavy (non-hydrogen) atoms. The minimum Gasteiger partial charge on any atom is -0.496 e. The predicted molar refractivity (Wildman–Crippen MR) is 129 cm³/mol. The summed E-state index contributed by atoms with van der Waals surface area (Å²) in [5, 5.41) is 9.64. The number of rotatable bonds is 6. The largest absolute Gasteiger partial charge is 0.496 e. The van der Waals surface area contributed by atoms with Crippen molar-refractivity contribution in [3.05, 3.63) is 92.7 Å². The molecule has 0 atom stereocenters. The number of amides is 1. The Morgan fingerprint density at radius 3 is 2.69 bits per heavy atom. The molecule has 4 rings (SSSR count). The van der Waals surface area contributed by atoms with E-state index in [1.165, 1.54) is 22.9 Å². The van der Waals surface area contributed by atoms with Gasteiger partial charge in [0.1, 0.15) is 11.5 Å². The third-order valence-corrected chi connectivity index (χ3v) is 6.36. The van der Waals surface area contributed by atoms with Gasteiger partial charge in [-0.2, -0.15) is 5.10 Å². The summed E-state index contributed by atoms with van der Waals surface area (Å²) >= 11 is 13.5. The van der Waals surface area contributed by atoms with Crippen molar-refractivity contribution < 1.29 is 13.9 Å². The molecule has 6 nitrogen and oxygen atoms in total. The van der Waals surface area contributed by atoms with Crippen molar-refractivity contribution in [3.63, 3.8) is 0 Å². The van der Waals surface area contributed by atoms with Crippen LogP contribution in [-0.4, -0.2) is 29.3 Å². The molecule has 1 aromatic heterocycles. The second-order valence-electron chi connectivity index (χ2n) is 6.59. The average Bonchev–Trinajstić information content (AvgIpc) is 3.41. The lowest BCUT2D eigenvalue weighted by Crippen LogP contribution is -2.28. The Hall–Kier alpha value is -3.00. The number of ether oxygens (including phenoxy) is 1. The molecule has 0 bridgehead atoms. The van der Waals surface area contributed by atoms with Crippen LogP contribution in [0, 0.1) is 0 Å². The maximum atomic E-state index is 13.2. The number of amidine groups is 1. The van der Waals surface area contributed by atoms with E-state index in [0.717, 1.165) is 5.56 Å². The van der Waals surface area contributed by atoms with E-state index in [2.05, 4.69) is 10.2 Å². The Kier molecular flexibility index (Phi) is 6.99. The standard InChI is InChI=1S/C23H17Cl2N3O3S/c1-30-19-10-3-2-6-15(19)12-20-22(29)28(14-17-8-5-11-31-17)23(32-20)27-26-13-16-7-4-9-18(24)21(16)25/h2-13H,14H2,1H3/b20-12-,26-13+,27-23-. The number of hydrogen-bond donors (Lipinski definition) is 0. The first kappa shape index (κ1) is 22.2. The second-order valence-corrected chi connectivity index (χ2v) is 8.39. The van der Waals surface area contributed by atoms with Gasteiger partial charge in [-0.15, -0.1) is 5.10 Å². The second kappa shape index (κ2) is 10.1. The van der Waals surface area contributed by atoms with Gasteiger partial charge in [0.25, 0.3) is 5.91 Å². The topological polar surface area (TPSA) is 67.4 Å².